The van der Waals surface area contributed by atoms with Gasteiger partial charge in [0.15, 0.2) is 0 Å². The van der Waals surface area contributed by atoms with Crippen molar-refractivity contribution in [3.63, 3.8) is 0 Å². The number of amides is 1. The fraction of sp³-hybridized carbons (Fsp3) is 0.188. The third-order valence-electron chi connectivity index (χ3n) is 4.28. The molecule has 4 rings (SSSR count). The molecule has 2 nitrogen and oxygen atoms in total. The number of anilines is 1. The van der Waals surface area contributed by atoms with Crippen LogP contribution < -0.4 is 5.32 Å². The fourth-order valence-electron chi connectivity index (χ4n) is 3.37. The molecule has 0 bridgehead atoms. The number of rotatable bonds is 0. The van der Waals surface area contributed by atoms with E-state index in [0.29, 0.717) is 0 Å². The van der Waals surface area contributed by atoms with Crippen LogP contribution in [0.25, 0.3) is 0 Å². The molecule has 0 unspecified atom stereocenters. The summed E-state index contributed by atoms with van der Waals surface area (Å²) < 4.78 is 1.24. The molecule has 0 aromatic heterocycles. The minimum absolute atomic E-state index is 0.153. The lowest BCUT2D eigenvalue weighted by Gasteiger charge is -2.20. The molecule has 19 heavy (non-hydrogen) atoms. The summed E-state index contributed by atoms with van der Waals surface area (Å²) in [4.78, 5) is 12.5. The van der Waals surface area contributed by atoms with Crippen LogP contribution in [0.3, 0.4) is 0 Å². The zero-order chi connectivity index (χ0) is 13.0. The summed E-state index contributed by atoms with van der Waals surface area (Å²) in [7, 11) is 0. The SMILES string of the molecule is O=C1Nc2ccccc2[C@]12Cc1ccc(I)cc1C2. The van der Waals surface area contributed by atoms with E-state index in [0.717, 1.165) is 24.1 Å². The molecule has 1 N–H and O–H groups in total. The number of carbonyl (C=O) groups is 1. The molecule has 0 saturated carbocycles. The van der Waals surface area contributed by atoms with Gasteiger partial charge in [0.25, 0.3) is 0 Å². The van der Waals surface area contributed by atoms with E-state index in [9.17, 15) is 4.79 Å². The molecule has 1 aliphatic heterocycles. The zero-order valence-electron chi connectivity index (χ0n) is 10.2. The van der Waals surface area contributed by atoms with E-state index in [1.807, 2.05) is 18.2 Å². The van der Waals surface area contributed by atoms with E-state index in [4.69, 9.17) is 0 Å². The highest BCUT2D eigenvalue weighted by Crippen LogP contribution is 2.47. The molecule has 1 heterocycles. The molecule has 1 aliphatic carbocycles. The highest BCUT2D eigenvalue weighted by atomic mass is 127. The first-order valence-corrected chi connectivity index (χ1v) is 7.45. The highest BCUT2D eigenvalue weighted by molar-refractivity contribution is 14.1. The Kier molecular flexibility index (Phi) is 2.31. The van der Waals surface area contributed by atoms with Gasteiger partial charge in [-0.05, 0) is 70.3 Å². The Morgan fingerprint density at radius 3 is 2.74 bits per heavy atom. The van der Waals surface area contributed by atoms with Gasteiger partial charge in [-0.3, -0.25) is 4.79 Å². The predicted molar refractivity (Wildman–Crippen MR) is 83.3 cm³/mol. The van der Waals surface area contributed by atoms with Gasteiger partial charge in [0.1, 0.15) is 0 Å². The first-order chi connectivity index (χ1) is 9.19. The van der Waals surface area contributed by atoms with Crippen molar-refractivity contribution in [2.75, 3.05) is 5.32 Å². The van der Waals surface area contributed by atoms with Crippen molar-refractivity contribution in [1.82, 2.24) is 0 Å². The van der Waals surface area contributed by atoms with Crippen LogP contribution in [0.1, 0.15) is 16.7 Å². The van der Waals surface area contributed by atoms with Crippen LogP contribution in [0.2, 0.25) is 0 Å². The van der Waals surface area contributed by atoms with E-state index in [2.05, 4.69) is 52.2 Å². The third-order valence-corrected chi connectivity index (χ3v) is 4.95. The van der Waals surface area contributed by atoms with Crippen LogP contribution >= 0.6 is 22.6 Å². The number of hydrogen-bond donors (Lipinski definition) is 1. The van der Waals surface area contributed by atoms with E-state index in [-0.39, 0.29) is 11.3 Å². The summed E-state index contributed by atoms with van der Waals surface area (Å²) in [6.45, 7) is 0. The summed E-state index contributed by atoms with van der Waals surface area (Å²) in [5, 5.41) is 3.04. The van der Waals surface area contributed by atoms with Crippen molar-refractivity contribution in [1.29, 1.82) is 0 Å². The number of carbonyl (C=O) groups excluding carboxylic acids is 1. The quantitative estimate of drug-likeness (QED) is 0.717. The molecule has 2 aromatic rings. The smallest absolute Gasteiger partial charge is 0.235 e. The molecule has 2 aromatic carbocycles. The van der Waals surface area contributed by atoms with E-state index >= 15 is 0 Å². The molecule has 0 radical (unpaired) electrons. The lowest BCUT2D eigenvalue weighted by Crippen LogP contribution is -2.35. The maximum absolute atomic E-state index is 12.5. The monoisotopic (exact) mass is 361 g/mol. The summed E-state index contributed by atoms with van der Waals surface area (Å²) in [6.07, 6.45) is 1.64. The Bertz CT molecular complexity index is 710. The van der Waals surface area contributed by atoms with Gasteiger partial charge in [0.2, 0.25) is 5.91 Å². The predicted octanol–water partition coefficient (Wildman–Crippen LogP) is 3.28. The average Bonchev–Trinajstić information content (AvgIpc) is 2.90. The number of fused-ring (bicyclic) bond motifs is 3. The molecule has 0 saturated heterocycles. The minimum atomic E-state index is -0.372. The van der Waals surface area contributed by atoms with Crippen LogP contribution in [0.15, 0.2) is 42.5 Å². The molecule has 3 heteroatoms. The summed E-state index contributed by atoms with van der Waals surface area (Å²) in [5.41, 5.74) is 4.40. The molecule has 0 fully saturated rings. The maximum Gasteiger partial charge on any atom is 0.235 e. The van der Waals surface area contributed by atoms with Crippen molar-refractivity contribution in [3.8, 4) is 0 Å². The average molecular weight is 361 g/mol. The fourth-order valence-corrected chi connectivity index (χ4v) is 3.92. The van der Waals surface area contributed by atoms with Crippen molar-refractivity contribution >= 4 is 34.2 Å². The number of nitrogens with one attached hydrogen (secondary N) is 1. The van der Waals surface area contributed by atoms with Crippen LogP contribution in [-0.2, 0) is 23.1 Å². The van der Waals surface area contributed by atoms with Gasteiger partial charge in [0, 0.05) is 9.26 Å². The Morgan fingerprint density at radius 1 is 1.05 bits per heavy atom. The van der Waals surface area contributed by atoms with Gasteiger partial charge in [0.05, 0.1) is 5.41 Å². The van der Waals surface area contributed by atoms with Gasteiger partial charge in [-0.2, -0.15) is 0 Å². The summed E-state index contributed by atoms with van der Waals surface area (Å²) in [5.74, 6) is 0.153. The topological polar surface area (TPSA) is 29.1 Å². The van der Waals surface area contributed by atoms with Gasteiger partial charge < -0.3 is 5.32 Å². The van der Waals surface area contributed by atoms with Gasteiger partial charge in [-0.1, -0.05) is 24.3 Å². The molecular weight excluding hydrogens is 349 g/mol. The van der Waals surface area contributed by atoms with Crippen LogP contribution in [0.5, 0.6) is 0 Å². The number of hydrogen-bond acceptors (Lipinski definition) is 1. The maximum atomic E-state index is 12.5. The van der Waals surface area contributed by atoms with Gasteiger partial charge in [-0.25, -0.2) is 0 Å². The van der Waals surface area contributed by atoms with Crippen molar-refractivity contribution in [2.45, 2.75) is 18.3 Å². The minimum Gasteiger partial charge on any atom is -0.325 e. The Morgan fingerprint density at radius 2 is 1.84 bits per heavy atom. The Hall–Kier alpha value is -1.36. The largest absolute Gasteiger partial charge is 0.325 e. The van der Waals surface area contributed by atoms with E-state index in [1.165, 1.54) is 14.7 Å². The second-order valence-electron chi connectivity index (χ2n) is 5.35. The number of benzene rings is 2. The van der Waals surface area contributed by atoms with Gasteiger partial charge >= 0.3 is 0 Å². The third kappa shape index (κ3) is 1.51. The second-order valence-corrected chi connectivity index (χ2v) is 6.59. The first-order valence-electron chi connectivity index (χ1n) is 6.37. The van der Waals surface area contributed by atoms with E-state index in [1.54, 1.807) is 0 Å². The Balaban J connectivity index is 1.88. The second kappa shape index (κ2) is 3.82. The van der Waals surface area contributed by atoms with Crippen LogP contribution in [0.4, 0.5) is 5.69 Å². The number of halogens is 1. The van der Waals surface area contributed by atoms with Crippen LogP contribution in [-0.4, -0.2) is 5.91 Å². The van der Waals surface area contributed by atoms with Crippen molar-refractivity contribution in [3.05, 3.63) is 62.7 Å². The molecule has 1 spiro atoms. The van der Waals surface area contributed by atoms with E-state index < -0.39 is 0 Å². The standard InChI is InChI=1S/C16H12INO/c17-12-6-5-10-8-16(9-11(10)7-12)13-3-1-2-4-14(13)18-15(16)19/h1-7H,8-9H2,(H,18,19)/t16-/m1/s1. The Labute approximate surface area is 125 Å². The van der Waals surface area contributed by atoms with Crippen LogP contribution in [0, 0.1) is 3.57 Å². The number of para-hydroxylation sites is 1. The molecule has 94 valence electrons. The molecule has 2 aliphatic rings. The van der Waals surface area contributed by atoms with Gasteiger partial charge in [-0.15, -0.1) is 0 Å². The summed E-state index contributed by atoms with van der Waals surface area (Å²) in [6, 6.07) is 14.6. The molecule has 1 atom stereocenters. The lowest BCUT2D eigenvalue weighted by molar-refractivity contribution is -0.120. The highest BCUT2D eigenvalue weighted by Gasteiger charge is 2.50. The van der Waals surface area contributed by atoms with Crippen molar-refractivity contribution < 1.29 is 4.79 Å². The first kappa shape index (κ1) is 11.5. The zero-order valence-corrected chi connectivity index (χ0v) is 12.4. The van der Waals surface area contributed by atoms with Crippen molar-refractivity contribution in [2.24, 2.45) is 0 Å². The lowest BCUT2D eigenvalue weighted by atomic mass is 9.79. The molecular formula is C16H12INO. The normalized spacial score (nSPS) is 23.3. The summed E-state index contributed by atoms with van der Waals surface area (Å²) >= 11 is 2.33. The molecule has 1 amide bonds.